The molecule has 1 saturated heterocycles. The van der Waals surface area contributed by atoms with Gasteiger partial charge < -0.3 is 9.80 Å². The molecule has 0 radical (unpaired) electrons. The lowest BCUT2D eigenvalue weighted by Gasteiger charge is -2.34. The third-order valence-electron chi connectivity index (χ3n) is 6.40. The van der Waals surface area contributed by atoms with Crippen molar-refractivity contribution in [3.63, 3.8) is 0 Å². The van der Waals surface area contributed by atoms with E-state index >= 15 is 0 Å². The van der Waals surface area contributed by atoms with Crippen LogP contribution >= 0.6 is 0 Å². The van der Waals surface area contributed by atoms with Gasteiger partial charge in [-0.05, 0) is 30.7 Å². The van der Waals surface area contributed by atoms with Crippen LogP contribution in [0.15, 0.2) is 83.7 Å². The smallest absolute Gasteiger partial charge is 0.275 e. The summed E-state index contributed by atoms with van der Waals surface area (Å²) in [4.78, 5) is 43.0. The summed E-state index contributed by atoms with van der Waals surface area (Å²) >= 11 is 0. The van der Waals surface area contributed by atoms with Gasteiger partial charge in [0.05, 0.1) is 11.9 Å². The molecule has 1 aromatic heterocycles. The number of hydrogen-bond acceptors (Lipinski definition) is 4. The number of fused-ring (bicyclic) bond motifs is 1. The summed E-state index contributed by atoms with van der Waals surface area (Å²) in [6, 6.07) is 24.2. The van der Waals surface area contributed by atoms with Crippen LogP contribution in [0.25, 0.3) is 10.8 Å². The second-order valence-corrected chi connectivity index (χ2v) is 8.79. The number of carbonyl (C=O) groups is 2. The van der Waals surface area contributed by atoms with Gasteiger partial charge in [-0.1, -0.05) is 66.2 Å². The maximum Gasteiger partial charge on any atom is 0.275 e. The predicted octanol–water partition coefficient (Wildman–Crippen LogP) is 3.35. The van der Waals surface area contributed by atoms with E-state index < -0.39 is 0 Å². The lowest BCUT2D eigenvalue weighted by atomic mass is 10.1. The molecule has 1 aliphatic rings. The minimum absolute atomic E-state index is 0.0305. The summed E-state index contributed by atoms with van der Waals surface area (Å²) in [6.45, 7) is 3.97. The van der Waals surface area contributed by atoms with E-state index in [9.17, 15) is 14.4 Å². The Balaban J connectivity index is 1.39. The van der Waals surface area contributed by atoms with Gasteiger partial charge in [-0.25, -0.2) is 4.68 Å². The second-order valence-electron chi connectivity index (χ2n) is 8.79. The van der Waals surface area contributed by atoms with Crippen molar-refractivity contribution in [1.82, 2.24) is 19.6 Å². The van der Waals surface area contributed by atoms with Gasteiger partial charge in [-0.15, -0.1) is 0 Å². The van der Waals surface area contributed by atoms with Crippen LogP contribution in [0.4, 0.5) is 0 Å². The van der Waals surface area contributed by atoms with Gasteiger partial charge in [0.1, 0.15) is 0 Å². The molecule has 1 aliphatic heterocycles. The maximum absolute atomic E-state index is 13.6. The van der Waals surface area contributed by atoms with Crippen molar-refractivity contribution in [3.8, 4) is 0 Å². The van der Waals surface area contributed by atoms with E-state index in [1.54, 1.807) is 34.1 Å². The molecule has 3 aromatic carbocycles. The molecule has 0 atom stereocenters. The number of rotatable bonds is 4. The van der Waals surface area contributed by atoms with E-state index in [0.29, 0.717) is 42.5 Å². The maximum atomic E-state index is 13.6. The van der Waals surface area contributed by atoms with Crippen LogP contribution < -0.4 is 5.56 Å². The van der Waals surface area contributed by atoms with E-state index in [2.05, 4.69) is 5.10 Å². The quantitative estimate of drug-likeness (QED) is 0.462. The SMILES string of the molecule is Cc1ccc(C(=O)N2CCN(C(=O)c3nn(Cc4ccccc4)c(=O)c4ccccc34)CC2)cc1. The van der Waals surface area contributed by atoms with Crippen LogP contribution in [-0.4, -0.2) is 57.6 Å². The van der Waals surface area contributed by atoms with Crippen molar-refractivity contribution >= 4 is 22.6 Å². The summed E-state index contributed by atoms with van der Waals surface area (Å²) in [5, 5.41) is 5.53. The number of carbonyl (C=O) groups excluding carboxylic acids is 2. The van der Waals surface area contributed by atoms with Crippen molar-refractivity contribution < 1.29 is 9.59 Å². The number of nitrogens with zero attached hydrogens (tertiary/aromatic N) is 4. The van der Waals surface area contributed by atoms with Gasteiger partial charge in [0, 0.05) is 37.1 Å². The average molecular weight is 467 g/mol. The van der Waals surface area contributed by atoms with E-state index in [0.717, 1.165) is 11.1 Å². The highest BCUT2D eigenvalue weighted by atomic mass is 16.2. The number of aromatic nitrogens is 2. The van der Waals surface area contributed by atoms with Gasteiger partial charge in [-0.2, -0.15) is 5.10 Å². The third-order valence-corrected chi connectivity index (χ3v) is 6.40. The molecule has 1 fully saturated rings. The monoisotopic (exact) mass is 466 g/mol. The third kappa shape index (κ3) is 4.57. The first-order valence-electron chi connectivity index (χ1n) is 11.7. The summed E-state index contributed by atoms with van der Waals surface area (Å²) in [5.74, 6) is -0.262. The normalized spacial score (nSPS) is 13.7. The lowest BCUT2D eigenvalue weighted by Crippen LogP contribution is -2.51. The fourth-order valence-corrected chi connectivity index (χ4v) is 4.40. The Bertz CT molecular complexity index is 1440. The Kier molecular flexibility index (Phi) is 6.14. The average Bonchev–Trinajstić information content (AvgIpc) is 2.91. The molecule has 35 heavy (non-hydrogen) atoms. The molecule has 0 aliphatic carbocycles. The summed E-state index contributed by atoms with van der Waals surface area (Å²) in [7, 11) is 0. The first-order valence-corrected chi connectivity index (χ1v) is 11.7. The minimum atomic E-state index is -0.231. The van der Waals surface area contributed by atoms with Crippen molar-refractivity contribution in [2.45, 2.75) is 13.5 Å². The van der Waals surface area contributed by atoms with Crippen molar-refractivity contribution in [1.29, 1.82) is 0 Å². The summed E-state index contributed by atoms with van der Waals surface area (Å²) < 4.78 is 1.36. The van der Waals surface area contributed by atoms with E-state index in [4.69, 9.17) is 0 Å². The zero-order valence-corrected chi connectivity index (χ0v) is 19.6. The molecule has 176 valence electrons. The highest BCUT2D eigenvalue weighted by Crippen LogP contribution is 2.18. The molecule has 4 aromatic rings. The lowest BCUT2D eigenvalue weighted by molar-refractivity contribution is 0.0532. The van der Waals surface area contributed by atoms with Crippen molar-refractivity contribution in [2.24, 2.45) is 0 Å². The van der Waals surface area contributed by atoms with Crippen molar-refractivity contribution in [2.75, 3.05) is 26.2 Å². The number of aryl methyl sites for hydroxylation is 1. The van der Waals surface area contributed by atoms with Crippen LogP contribution in [0, 0.1) is 6.92 Å². The number of piperazine rings is 1. The van der Waals surface area contributed by atoms with E-state index in [-0.39, 0.29) is 29.6 Å². The zero-order chi connectivity index (χ0) is 24.4. The van der Waals surface area contributed by atoms with Crippen LogP contribution in [-0.2, 0) is 6.54 Å². The second kappa shape index (κ2) is 9.54. The Hall–Kier alpha value is -4.26. The zero-order valence-electron chi connectivity index (χ0n) is 19.6. The van der Waals surface area contributed by atoms with Crippen LogP contribution in [0.2, 0.25) is 0 Å². The standard InChI is InChI=1S/C28H26N4O3/c1-20-11-13-22(14-12-20)26(33)30-15-17-31(18-16-30)28(35)25-23-9-5-6-10-24(23)27(34)32(29-25)19-21-7-3-2-4-8-21/h2-14H,15-19H2,1H3. The molecule has 7 nitrogen and oxygen atoms in total. The van der Waals surface area contributed by atoms with Gasteiger partial charge in [0.15, 0.2) is 5.69 Å². The van der Waals surface area contributed by atoms with Gasteiger partial charge in [0.2, 0.25) is 0 Å². The summed E-state index contributed by atoms with van der Waals surface area (Å²) in [5.41, 5.74) is 2.71. The van der Waals surface area contributed by atoms with Crippen LogP contribution in [0.1, 0.15) is 32.0 Å². The largest absolute Gasteiger partial charge is 0.335 e. The molecular formula is C28H26N4O3. The molecule has 0 N–H and O–H groups in total. The molecule has 2 heterocycles. The molecule has 0 spiro atoms. The molecule has 0 bridgehead atoms. The topological polar surface area (TPSA) is 75.5 Å². The Morgan fingerprint density at radius 1 is 0.743 bits per heavy atom. The molecule has 2 amide bonds. The molecule has 5 rings (SSSR count). The highest BCUT2D eigenvalue weighted by Gasteiger charge is 2.28. The summed E-state index contributed by atoms with van der Waals surface area (Å²) in [6.07, 6.45) is 0. The Labute approximate surface area is 203 Å². The first-order chi connectivity index (χ1) is 17.0. The Morgan fingerprint density at radius 2 is 1.31 bits per heavy atom. The fourth-order valence-electron chi connectivity index (χ4n) is 4.40. The Morgan fingerprint density at radius 3 is 1.97 bits per heavy atom. The van der Waals surface area contributed by atoms with Crippen molar-refractivity contribution in [3.05, 3.63) is 112 Å². The fraction of sp³-hybridized carbons (Fsp3) is 0.214. The first kappa shape index (κ1) is 22.5. The van der Waals surface area contributed by atoms with E-state index in [1.165, 1.54) is 4.68 Å². The van der Waals surface area contributed by atoms with E-state index in [1.807, 2.05) is 61.5 Å². The molecule has 7 heteroatoms. The number of benzene rings is 3. The number of hydrogen-bond donors (Lipinski definition) is 0. The molecule has 0 unspecified atom stereocenters. The highest BCUT2D eigenvalue weighted by molar-refractivity contribution is 6.05. The number of amides is 2. The van der Waals surface area contributed by atoms with Gasteiger partial charge >= 0.3 is 0 Å². The predicted molar refractivity (Wildman–Crippen MR) is 135 cm³/mol. The molecular weight excluding hydrogens is 440 g/mol. The van der Waals surface area contributed by atoms with Gasteiger partial charge in [0.25, 0.3) is 17.4 Å². The minimum Gasteiger partial charge on any atom is -0.335 e. The van der Waals surface area contributed by atoms with Crippen LogP contribution in [0.5, 0.6) is 0 Å². The van der Waals surface area contributed by atoms with Crippen LogP contribution in [0.3, 0.4) is 0 Å². The molecule has 0 saturated carbocycles. The van der Waals surface area contributed by atoms with Gasteiger partial charge in [-0.3, -0.25) is 14.4 Å².